The van der Waals surface area contributed by atoms with Crippen LogP contribution in [0.15, 0.2) is 31.8 Å². The molecule has 1 unspecified atom stereocenters. The molecule has 0 aliphatic heterocycles. The summed E-state index contributed by atoms with van der Waals surface area (Å²) >= 11 is 15.0. The van der Waals surface area contributed by atoms with Gasteiger partial charge < -0.3 is 9.47 Å². The fourth-order valence-electron chi connectivity index (χ4n) is 1.72. The van der Waals surface area contributed by atoms with Crippen molar-refractivity contribution in [3.8, 4) is 11.5 Å². The second-order valence-corrected chi connectivity index (χ2v) is 7.36. The minimum atomic E-state index is -0.278. The summed E-state index contributed by atoms with van der Waals surface area (Å²) in [5.74, 6) is 1.46. The Labute approximate surface area is 137 Å². The van der Waals surface area contributed by atoms with Gasteiger partial charge in [-0.05, 0) is 61.0 Å². The van der Waals surface area contributed by atoms with Crippen LogP contribution in [0.2, 0.25) is 0 Å². The Morgan fingerprint density at radius 3 is 2.32 bits per heavy atom. The summed E-state index contributed by atoms with van der Waals surface area (Å²) in [4.78, 5) is 0. The molecule has 1 aromatic carbocycles. The lowest BCUT2D eigenvalue weighted by Crippen LogP contribution is -1.98. The van der Waals surface area contributed by atoms with Gasteiger partial charge in [0.2, 0.25) is 0 Å². The molecule has 6 heteroatoms. The van der Waals surface area contributed by atoms with Gasteiger partial charge in [0, 0.05) is 5.56 Å². The second kappa shape index (κ2) is 6.48. The third kappa shape index (κ3) is 3.27. The van der Waals surface area contributed by atoms with Gasteiger partial charge in [-0.1, -0.05) is 0 Å². The molecule has 0 saturated heterocycles. The molecule has 102 valence electrons. The lowest BCUT2D eigenvalue weighted by molar-refractivity contribution is 0.397. The summed E-state index contributed by atoms with van der Waals surface area (Å²) in [6, 6.07) is 5.77. The van der Waals surface area contributed by atoms with Crippen molar-refractivity contribution in [2.45, 2.75) is 5.38 Å². The fraction of sp³-hybridized carbons (Fsp3) is 0.231. The van der Waals surface area contributed by atoms with E-state index in [0.717, 1.165) is 30.9 Å². The summed E-state index contributed by atoms with van der Waals surface area (Å²) in [5, 5.41) is 1.75. The van der Waals surface area contributed by atoms with E-state index < -0.39 is 0 Å². The van der Waals surface area contributed by atoms with Crippen molar-refractivity contribution in [2.24, 2.45) is 0 Å². The predicted octanol–water partition coefficient (Wildman–Crippen LogP) is 5.62. The molecule has 0 bridgehead atoms. The molecule has 0 N–H and O–H groups in total. The van der Waals surface area contributed by atoms with Crippen molar-refractivity contribution in [3.63, 3.8) is 0 Å². The van der Waals surface area contributed by atoms with Crippen molar-refractivity contribution in [1.82, 2.24) is 0 Å². The van der Waals surface area contributed by atoms with Gasteiger partial charge >= 0.3 is 0 Å². The first-order valence-electron chi connectivity index (χ1n) is 5.36. The first kappa shape index (κ1) is 15.2. The van der Waals surface area contributed by atoms with Crippen molar-refractivity contribution in [2.75, 3.05) is 14.2 Å². The zero-order chi connectivity index (χ0) is 14.0. The molecular formula is C13H11Br2ClO2S. The van der Waals surface area contributed by atoms with Gasteiger partial charge in [0.05, 0.1) is 27.9 Å². The Morgan fingerprint density at radius 1 is 1.11 bits per heavy atom. The number of alkyl halides is 1. The maximum atomic E-state index is 6.55. The van der Waals surface area contributed by atoms with Gasteiger partial charge in [-0.3, -0.25) is 0 Å². The molecule has 0 fully saturated rings. The minimum Gasteiger partial charge on any atom is -0.496 e. The van der Waals surface area contributed by atoms with E-state index in [4.69, 9.17) is 21.1 Å². The maximum Gasteiger partial charge on any atom is 0.133 e. The molecule has 0 aliphatic carbocycles. The highest BCUT2D eigenvalue weighted by Crippen LogP contribution is 2.42. The summed E-state index contributed by atoms with van der Waals surface area (Å²) in [5.41, 5.74) is 1.91. The number of hydrogen-bond donors (Lipinski definition) is 0. The van der Waals surface area contributed by atoms with Crippen LogP contribution in [0.3, 0.4) is 0 Å². The van der Waals surface area contributed by atoms with Crippen LogP contribution in [0, 0.1) is 0 Å². The zero-order valence-corrected chi connectivity index (χ0v) is 15.0. The minimum absolute atomic E-state index is 0.278. The van der Waals surface area contributed by atoms with E-state index in [1.807, 2.05) is 23.6 Å². The van der Waals surface area contributed by atoms with E-state index in [1.54, 1.807) is 25.6 Å². The molecule has 1 aromatic heterocycles. The van der Waals surface area contributed by atoms with Gasteiger partial charge in [0.15, 0.2) is 0 Å². The van der Waals surface area contributed by atoms with Crippen LogP contribution >= 0.6 is 54.8 Å². The second-order valence-electron chi connectivity index (χ2n) is 3.78. The molecule has 0 saturated carbocycles. The lowest BCUT2D eigenvalue weighted by atomic mass is 10.1. The molecule has 2 aromatic rings. The summed E-state index contributed by atoms with van der Waals surface area (Å²) < 4.78 is 12.6. The van der Waals surface area contributed by atoms with Crippen LogP contribution < -0.4 is 9.47 Å². The van der Waals surface area contributed by atoms with Crippen molar-refractivity contribution in [1.29, 1.82) is 0 Å². The van der Waals surface area contributed by atoms with Crippen LogP contribution in [-0.4, -0.2) is 14.2 Å². The van der Waals surface area contributed by atoms with E-state index in [0.29, 0.717) is 0 Å². The number of rotatable bonds is 4. The number of ether oxygens (including phenoxy) is 2. The molecule has 1 atom stereocenters. The van der Waals surface area contributed by atoms with Gasteiger partial charge in [-0.25, -0.2) is 0 Å². The van der Waals surface area contributed by atoms with E-state index in [1.165, 1.54) is 0 Å². The normalized spacial score (nSPS) is 12.3. The Hall–Kier alpha value is -0.230. The van der Waals surface area contributed by atoms with Crippen LogP contribution in [0.5, 0.6) is 11.5 Å². The summed E-state index contributed by atoms with van der Waals surface area (Å²) in [6.45, 7) is 0. The van der Waals surface area contributed by atoms with E-state index in [2.05, 4.69) is 31.9 Å². The highest BCUT2D eigenvalue weighted by atomic mass is 79.9. The average molecular weight is 427 g/mol. The number of thiophene rings is 1. The number of hydrogen-bond acceptors (Lipinski definition) is 3. The molecule has 0 amide bonds. The number of benzene rings is 1. The highest BCUT2D eigenvalue weighted by molar-refractivity contribution is 9.11. The number of halogens is 3. The predicted molar refractivity (Wildman–Crippen MR) is 87.0 cm³/mol. The Kier molecular flexibility index (Phi) is 5.17. The van der Waals surface area contributed by atoms with Crippen LogP contribution in [0.1, 0.15) is 16.5 Å². The number of methoxy groups -OCH3 is 2. The third-order valence-corrected chi connectivity index (χ3v) is 5.29. The summed E-state index contributed by atoms with van der Waals surface area (Å²) in [6.07, 6.45) is 0. The largest absolute Gasteiger partial charge is 0.496 e. The monoisotopic (exact) mass is 424 g/mol. The Morgan fingerprint density at radius 2 is 1.79 bits per heavy atom. The molecule has 1 heterocycles. The summed E-state index contributed by atoms with van der Waals surface area (Å²) in [7, 11) is 3.26. The first-order valence-corrected chi connectivity index (χ1v) is 8.26. The zero-order valence-electron chi connectivity index (χ0n) is 10.2. The fourth-order valence-corrected chi connectivity index (χ4v) is 3.78. The molecule has 2 rings (SSSR count). The first-order chi connectivity index (χ1) is 9.06. The van der Waals surface area contributed by atoms with Crippen molar-refractivity contribution < 1.29 is 9.47 Å². The molecule has 2 nitrogen and oxygen atoms in total. The molecule has 0 aliphatic rings. The standard InChI is InChI=1S/C13H11Br2ClO2S/c1-17-10-5-9(14)11(18-2)4-8(10)13(16)7-3-12(15)19-6-7/h3-6,13H,1-2H3. The lowest BCUT2D eigenvalue weighted by Gasteiger charge is -2.15. The van der Waals surface area contributed by atoms with E-state index in [-0.39, 0.29) is 5.38 Å². The third-order valence-electron chi connectivity index (χ3n) is 2.66. The van der Waals surface area contributed by atoms with Gasteiger partial charge in [-0.15, -0.1) is 22.9 Å². The molecule has 19 heavy (non-hydrogen) atoms. The van der Waals surface area contributed by atoms with Crippen LogP contribution in [0.25, 0.3) is 0 Å². The van der Waals surface area contributed by atoms with E-state index in [9.17, 15) is 0 Å². The van der Waals surface area contributed by atoms with Crippen molar-refractivity contribution >= 4 is 54.8 Å². The maximum absolute atomic E-state index is 6.55. The smallest absolute Gasteiger partial charge is 0.133 e. The molecular weight excluding hydrogens is 415 g/mol. The van der Waals surface area contributed by atoms with Gasteiger partial charge in [0.25, 0.3) is 0 Å². The Bertz CT molecular complexity index is 586. The van der Waals surface area contributed by atoms with E-state index >= 15 is 0 Å². The van der Waals surface area contributed by atoms with Gasteiger partial charge in [-0.2, -0.15) is 0 Å². The quantitative estimate of drug-likeness (QED) is 0.591. The molecule has 0 radical (unpaired) electrons. The highest BCUT2D eigenvalue weighted by Gasteiger charge is 2.19. The molecule has 0 spiro atoms. The SMILES string of the molecule is COc1cc(C(Cl)c2csc(Br)c2)c(OC)cc1Br. The topological polar surface area (TPSA) is 18.5 Å². The van der Waals surface area contributed by atoms with Crippen LogP contribution in [0.4, 0.5) is 0 Å². The van der Waals surface area contributed by atoms with Crippen LogP contribution in [-0.2, 0) is 0 Å². The van der Waals surface area contributed by atoms with Gasteiger partial charge in [0.1, 0.15) is 11.5 Å². The average Bonchev–Trinajstić information content (AvgIpc) is 2.84. The van der Waals surface area contributed by atoms with Crippen molar-refractivity contribution in [3.05, 3.63) is 43.0 Å². The Balaban J connectivity index is 2.48.